The summed E-state index contributed by atoms with van der Waals surface area (Å²) < 4.78 is 68.4. The topological polar surface area (TPSA) is 66.5 Å². The van der Waals surface area contributed by atoms with Crippen LogP contribution in [0.1, 0.15) is 42.1 Å². The summed E-state index contributed by atoms with van der Waals surface area (Å²) >= 11 is 0. The van der Waals surface area contributed by atoms with E-state index in [-0.39, 0.29) is 23.5 Å². The predicted molar refractivity (Wildman–Crippen MR) is 101 cm³/mol. The van der Waals surface area contributed by atoms with Gasteiger partial charge in [-0.05, 0) is 36.8 Å². The Hall–Kier alpha value is -2.39. The molecule has 1 N–H and O–H groups in total. The Bertz CT molecular complexity index is 1020. The minimum Gasteiger partial charge on any atom is -0.349 e. The molecule has 2 aromatic rings. The lowest BCUT2D eigenvalue weighted by molar-refractivity contribution is 0.0946. The largest absolute Gasteiger partial charge is 0.349 e. The van der Waals surface area contributed by atoms with Crippen LogP contribution in [0.4, 0.5) is 13.2 Å². The number of halogens is 3. The van der Waals surface area contributed by atoms with E-state index >= 15 is 0 Å². The molecule has 0 heterocycles. The molecule has 1 saturated carbocycles. The lowest BCUT2D eigenvalue weighted by atomic mass is 10.1. The van der Waals surface area contributed by atoms with Crippen LogP contribution in [0.15, 0.2) is 41.3 Å². The van der Waals surface area contributed by atoms with Gasteiger partial charge in [-0.15, -0.1) is 0 Å². The summed E-state index contributed by atoms with van der Waals surface area (Å²) in [5.41, 5.74) is -0.547. The number of carbonyl (C=O) groups is 1. The zero-order valence-electron chi connectivity index (χ0n) is 16.0. The van der Waals surface area contributed by atoms with E-state index in [1.807, 2.05) is 0 Å². The molecule has 9 heteroatoms. The van der Waals surface area contributed by atoms with Gasteiger partial charge < -0.3 is 5.32 Å². The molecule has 5 nitrogen and oxygen atoms in total. The Balaban J connectivity index is 1.81. The van der Waals surface area contributed by atoms with Crippen molar-refractivity contribution in [1.29, 1.82) is 0 Å². The van der Waals surface area contributed by atoms with Crippen molar-refractivity contribution in [2.75, 3.05) is 13.1 Å². The summed E-state index contributed by atoms with van der Waals surface area (Å²) in [6.45, 7) is 3.81. The van der Waals surface area contributed by atoms with Gasteiger partial charge >= 0.3 is 0 Å². The highest BCUT2D eigenvalue weighted by atomic mass is 32.2. The molecule has 156 valence electrons. The molecule has 0 aromatic heterocycles. The monoisotopic (exact) mass is 426 g/mol. The van der Waals surface area contributed by atoms with E-state index < -0.39 is 50.9 Å². The fourth-order valence-corrected chi connectivity index (χ4v) is 4.82. The number of hydrogen-bond donors (Lipinski definition) is 1. The van der Waals surface area contributed by atoms with Gasteiger partial charge in [0.1, 0.15) is 17.5 Å². The number of rotatable bonds is 7. The summed E-state index contributed by atoms with van der Waals surface area (Å²) in [6.07, 6.45) is 0.308. The maximum absolute atomic E-state index is 14.2. The highest BCUT2D eigenvalue weighted by Gasteiger charge is 2.43. The van der Waals surface area contributed by atoms with Crippen molar-refractivity contribution in [3.8, 4) is 0 Å². The smallest absolute Gasteiger partial charge is 0.254 e. The number of sulfonamides is 1. The average molecular weight is 426 g/mol. The van der Waals surface area contributed by atoms with Crippen molar-refractivity contribution < 1.29 is 26.4 Å². The standard InChI is InChI=1S/C20H21F3N2O3S/c1-3-25(4-2)29(27,28)12-8-9-15(21)13(10-12)20(26)24-18-11-14(18)19-16(22)6-5-7-17(19)23/h5-10,14,18H,3-4,11H2,1-2H3,(H,24,26). The first-order valence-electron chi connectivity index (χ1n) is 9.25. The van der Waals surface area contributed by atoms with Crippen LogP contribution in [-0.4, -0.2) is 37.8 Å². The zero-order valence-corrected chi connectivity index (χ0v) is 16.8. The molecule has 2 atom stereocenters. The molecule has 1 aliphatic rings. The molecule has 1 fully saturated rings. The van der Waals surface area contributed by atoms with Crippen molar-refractivity contribution in [1.82, 2.24) is 9.62 Å². The van der Waals surface area contributed by atoms with Crippen LogP contribution in [0, 0.1) is 17.5 Å². The van der Waals surface area contributed by atoms with E-state index in [2.05, 4.69) is 5.32 Å². The number of nitrogens with one attached hydrogen (secondary N) is 1. The molecule has 0 saturated heterocycles. The quantitative estimate of drug-likeness (QED) is 0.738. The Kier molecular flexibility index (Phi) is 6.00. The molecule has 0 spiro atoms. The van der Waals surface area contributed by atoms with Crippen molar-refractivity contribution in [2.45, 2.75) is 37.1 Å². The van der Waals surface area contributed by atoms with E-state index in [1.54, 1.807) is 13.8 Å². The number of hydrogen-bond acceptors (Lipinski definition) is 3. The Labute approximate surface area is 167 Å². The average Bonchev–Trinajstić information content (AvgIpc) is 3.40. The van der Waals surface area contributed by atoms with Crippen molar-refractivity contribution in [3.63, 3.8) is 0 Å². The van der Waals surface area contributed by atoms with Gasteiger partial charge in [-0.25, -0.2) is 21.6 Å². The summed E-state index contributed by atoms with van der Waals surface area (Å²) in [5, 5.41) is 2.53. The van der Waals surface area contributed by atoms with E-state index in [9.17, 15) is 26.4 Å². The van der Waals surface area contributed by atoms with Gasteiger partial charge in [-0.2, -0.15) is 4.31 Å². The molecule has 29 heavy (non-hydrogen) atoms. The third kappa shape index (κ3) is 4.16. The summed E-state index contributed by atoms with van der Waals surface area (Å²) in [6, 6.07) is 5.98. The molecule has 3 rings (SSSR count). The molecule has 0 bridgehead atoms. The molecule has 2 unspecified atom stereocenters. The maximum atomic E-state index is 14.2. The summed E-state index contributed by atoms with van der Waals surface area (Å²) in [7, 11) is -3.86. The summed E-state index contributed by atoms with van der Waals surface area (Å²) in [4.78, 5) is 12.3. The molecule has 0 radical (unpaired) electrons. The lowest BCUT2D eigenvalue weighted by Gasteiger charge is -2.19. The third-order valence-corrected chi connectivity index (χ3v) is 7.05. The van der Waals surface area contributed by atoms with Crippen LogP contribution >= 0.6 is 0 Å². The van der Waals surface area contributed by atoms with Gasteiger partial charge in [-0.3, -0.25) is 4.79 Å². The van der Waals surface area contributed by atoms with E-state index in [1.165, 1.54) is 10.4 Å². The Morgan fingerprint density at radius 3 is 2.28 bits per heavy atom. The third-order valence-electron chi connectivity index (χ3n) is 5.00. The van der Waals surface area contributed by atoms with Gasteiger partial charge in [0.15, 0.2) is 0 Å². The molecule has 2 aromatic carbocycles. The first kappa shape index (κ1) is 21.3. The van der Waals surface area contributed by atoms with E-state index in [0.717, 1.165) is 30.3 Å². The van der Waals surface area contributed by atoms with Crippen molar-refractivity contribution in [3.05, 3.63) is 65.0 Å². The second-order valence-corrected chi connectivity index (χ2v) is 8.73. The Morgan fingerprint density at radius 2 is 1.69 bits per heavy atom. The fraction of sp³-hybridized carbons (Fsp3) is 0.350. The van der Waals surface area contributed by atoms with Gasteiger partial charge in [0.25, 0.3) is 5.91 Å². The van der Waals surface area contributed by atoms with Gasteiger partial charge in [0.05, 0.1) is 10.5 Å². The molecule has 1 amide bonds. The van der Waals surface area contributed by atoms with E-state index in [4.69, 9.17) is 0 Å². The highest BCUT2D eigenvalue weighted by Crippen LogP contribution is 2.43. The van der Waals surface area contributed by atoms with Crippen LogP contribution in [-0.2, 0) is 10.0 Å². The van der Waals surface area contributed by atoms with E-state index in [0.29, 0.717) is 6.42 Å². The van der Waals surface area contributed by atoms with Gasteiger partial charge in [-0.1, -0.05) is 19.9 Å². The SMILES string of the molecule is CCN(CC)S(=O)(=O)c1ccc(F)c(C(=O)NC2CC2c2c(F)cccc2F)c1. The molecular weight excluding hydrogens is 405 g/mol. The van der Waals surface area contributed by atoms with Crippen molar-refractivity contribution in [2.24, 2.45) is 0 Å². The normalized spacial score (nSPS) is 18.7. The zero-order chi connectivity index (χ0) is 21.3. The van der Waals surface area contributed by atoms with Crippen molar-refractivity contribution >= 4 is 15.9 Å². The minimum absolute atomic E-state index is 0.115. The first-order chi connectivity index (χ1) is 13.7. The number of nitrogens with zero attached hydrogens (tertiary/aromatic N) is 1. The van der Waals surface area contributed by atoms with Crippen LogP contribution in [0.25, 0.3) is 0 Å². The highest BCUT2D eigenvalue weighted by molar-refractivity contribution is 7.89. The second kappa shape index (κ2) is 8.16. The molecule has 1 aliphatic carbocycles. The summed E-state index contributed by atoms with van der Waals surface area (Å²) in [5.74, 6) is -3.67. The second-order valence-electron chi connectivity index (χ2n) is 6.79. The molecular formula is C20H21F3N2O3S. The van der Waals surface area contributed by atoms with Crippen LogP contribution in [0.5, 0.6) is 0 Å². The number of carbonyl (C=O) groups excluding carboxylic acids is 1. The fourth-order valence-electron chi connectivity index (χ4n) is 3.34. The lowest BCUT2D eigenvalue weighted by Crippen LogP contribution is -2.31. The number of benzene rings is 2. The van der Waals surface area contributed by atoms with Crippen LogP contribution in [0.2, 0.25) is 0 Å². The first-order valence-corrected chi connectivity index (χ1v) is 10.7. The van der Waals surface area contributed by atoms with Crippen LogP contribution < -0.4 is 5.32 Å². The maximum Gasteiger partial charge on any atom is 0.254 e. The minimum atomic E-state index is -3.86. The Morgan fingerprint density at radius 1 is 1.07 bits per heavy atom. The number of amides is 1. The predicted octanol–water partition coefficient (Wildman–Crippen LogP) is 3.42. The van der Waals surface area contributed by atoms with Gasteiger partial charge in [0, 0.05) is 30.6 Å². The molecule has 0 aliphatic heterocycles. The van der Waals surface area contributed by atoms with Gasteiger partial charge in [0.2, 0.25) is 10.0 Å². The van der Waals surface area contributed by atoms with Crippen LogP contribution in [0.3, 0.4) is 0 Å².